The van der Waals surface area contributed by atoms with Crippen molar-refractivity contribution in [3.8, 4) is 0 Å². The summed E-state index contributed by atoms with van der Waals surface area (Å²) in [4.78, 5) is 11.7. The fourth-order valence-corrected chi connectivity index (χ4v) is 2.56. The van der Waals surface area contributed by atoms with E-state index in [0.29, 0.717) is 0 Å². The van der Waals surface area contributed by atoms with Gasteiger partial charge in [-0.15, -0.1) is 0 Å². The van der Waals surface area contributed by atoms with Crippen LogP contribution in [-0.4, -0.2) is 29.4 Å². The summed E-state index contributed by atoms with van der Waals surface area (Å²) >= 11 is 0. The molecule has 0 aliphatic rings. The van der Waals surface area contributed by atoms with Crippen LogP contribution < -0.4 is 5.32 Å². The molecule has 0 rings (SSSR count). The van der Waals surface area contributed by atoms with Gasteiger partial charge < -0.3 is 15.2 Å². The van der Waals surface area contributed by atoms with Crippen LogP contribution in [0.2, 0.25) is 0 Å². The Morgan fingerprint density at radius 1 is 0.957 bits per heavy atom. The molecule has 0 bridgehead atoms. The first-order chi connectivity index (χ1) is 10.9. The van der Waals surface area contributed by atoms with E-state index in [1.807, 2.05) is 20.8 Å². The Morgan fingerprint density at radius 3 is 1.87 bits per heavy atom. The molecule has 4 nitrogen and oxygen atoms in total. The molecule has 0 saturated carbocycles. The first kappa shape index (κ1) is 22.2. The van der Waals surface area contributed by atoms with E-state index < -0.39 is 11.7 Å². The number of nitrogens with one attached hydrogen (secondary N) is 1. The van der Waals surface area contributed by atoms with Crippen molar-refractivity contribution >= 4 is 6.09 Å². The normalized spacial score (nSPS) is 12.9. The molecule has 0 aliphatic carbocycles. The highest BCUT2D eigenvalue weighted by Crippen LogP contribution is 2.12. The average molecular weight is 330 g/mol. The van der Waals surface area contributed by atoms with Gasteiger partial charge in [0.25, 0.3) is 0 Å². The molecule has 2 N–H and O–H groups in total. The van der Waals surface area contributed by atoms with Gasteiger partial charge in [0.15, 0.2) is 0 Å². The van der Waals surface area contributed by atoms with Crippen LogP contribution in [0.1, 0.15) is 98.3 Å². The second kappa shape index (κ2) is 13.6. The molecule has 4 heteroatoms. The van der Waals surface area contributed by atoms with Gasteiger partial charge in [0, 0.05) is 0 Å². The molecule has 0 aromatic carbocycles. The van der Waals surface area contributed by atoms with E-state index in [-0.39, 0.29) is 12.6 Å². The number of carbonyl (C=O) groups excluding carboxylic acids is 1. The molecule has 0 unspecified atom stereocenters. The largest absolute Gasteiger partial charge is 0.444 e. The number of amides is 1. The predicted molar refractivity (Wildman–Crippen MR) is 96.7 cm³/mol. The van der Waals surface area contributed by atoms with E-state index >= 15 is 0 Å². The molecule has 1 atom stereocenters. The number of hydrogen-bond acceptors (Lipinski definition) is 3. The summed E-state index contributed by atoms with van der Waals surface area (Å²) in [5.74, 6) is 0. The van der Waals surface area contributed by atoms with Crippen molar-refractivity contribution in [2.24, 2.45) is 0 Å². The fraction of sp³-hybridized carbons (Fsp3) is 0.947. The Labute approximate surface area is 143 Å². The monoisotopic (exact) mass is 329 g/mol. The van der Waals surface area contributed by atoms with Crippen molar-refractivity contribution < 1.29 is 14.6 Å². The van der Waals surface area contributed by atoms with E-state index in [2.05, 4.69) is 12.2 Å². The summed E-state index contributed by atoms with van der Waals surface area (Å²) in [7, 11) is 0. The van der Waals surface area contributed by atoms with E-state index in [4.69, 9.17) is 4.74 Å². The van der Waals surface area contributed by atoms with Crippen LogP contribution in [0.25, 0.3) is 0 Å². The number of aliphatic hydroxyl groups is 1. The highest BCUT2D eigenvalue weighted by molar-refractivity contribution is 5.68. The van der Waals surface area contributed by atoms with Crippen molar-refractivity contribution in [1.29, 1.82) is 0 Å². The minimum atomic E-state index is -0.499. The zero-order chi connectivity index (χ0) is 17.6. The fourth-order valence-electron chi connectivity index (χ4n) is 2.56. The Morgan fingerprint density at radius 2 is 1.43 bits per heavy atom. The SMILES string of the molecule is CCCCCCCCCCCC[C@H](CO)NC(=O)OC(C)(C)C. The summed E-state index contributed by atoms with van der Waals surface area (Å²) in [5.41, 5.74) is -0.499. The van der Waals surface area contributed by atoms with Crippen LogP contribution in [-0.2, 0) is 4.74 Å². The van der Waals surface area contributed by atoms with Gasteiger partial charge in [0.1, 0.15) is 5.60 Å². The van der Waals surface area contributed by atoms with E-state index in [0.717, 1.165) is 12.8 Å². The quantitative estimate of drug-likeness (QED) is 0.458. The van der Waals surface area contributed by atoms with Crippen LogP contribution >= 0.6 is 0 Å². The number of ether oxygens (including phenoxy) is 1. The molecule has 0 spiro atoms. The van der Waals surface area contributed by atoms with E-state index in [1.54, 1.807) is 0 Å². The topological polar surface area (TPSA) is 58.6 Å². The smallest absolute Gasteiger partial charge is 0.407 e. The van der Waals surface area contributed by atoms with E-state index in [9.17, 15) is 9.90 Å². The second-order valence-corrected chi connectivity index (χ2v) is 7.50. The van der Waals surface area contributed by atoms with Crippen molar-refractivity contribution in [2.75, 3.05) is 6.61 Å². The number of aliphatic hydroxyl groups excluding tert-OH is 1. The predicted octanol–water partition coefficient (Wildman–Crippen LogP) is 5.18. The highest BCUT2D eigenvalue weighted by atomic mass is 16.6. The Hall–Kier alpha value is -0.770. The van der Waals surface area contributed by atoms with Gasteiger partial charge in [0.2, 0.25) is 0 Å². The summed E-state index contributed by atoms with van der Waals surface area (Å²) in [6.07, 6.45) is 13.3. The van der Waals surface area contributed by atoms with Crippen LogP contribution in [0.4, 0.5) is 4.79 Å². The van der Waals surface area contributed by atoms with Crippen LogP contribution in [0.15, 0.2) is 0 Å². The lowest BCUT2D eigenvalue weighted by molar-refractivity contribution is 0.0478. The molecular weight excluding hydrogens is 290 g/mol. The van der Waals surface area contributed by atoms with Gasteiger partial charge in [-0.1, -0.05) is 71.1 Å². The lowest BCUT2D eigenvalue weighted by Crippen LogP contribution is -2.41. The van der Waals surface area contributed by atoms with Crippen LogP contribution in [0, 0.1) is 0 Å². The third-order valence-corrected chi connectivity index (χ3v) is 3.85. The van der Waals surface area contributed by atoms with Crippen molar-refractivity contribution in [1.82, 2.24) is 5.32 Å². The Bertz CT molecular complexity index is 287. The molecule has 0 aliphatic heterocycles. The van der Waals surface area contributed by atoms with Gasteiger partial charge in [-0.25, -0.2) is 4.79 Å². The molecule has 0 heterocycles. The van der Waals surface area contributed by atoms with E-state index in [1.165, 1.54) is 57.8 Å². The number of rotatable bonds is 13. The van der Waals surface area contributed by atoms with Gasteiger partial charge in [-0.3, -0.25) is 0 Å². The van der Waals surface area contributed by atoms with Crippen molar-refractivity contribution in [2.45, 2.75) is 110 Å². The summed E-state index contributed by atoms with van der Waals surface area (Å²) < 4.78 is 5.21. The van der Waals surface area contributed by atoms with Crippen molar-refractivity contribution in [3.63, 3.8) is 0 Å². The number of unbranched alkanes of at least 4 members (excludes halogenated alkanes) is 9. The summed E-state index contributed by atoms with van der Waals surface area (Å²) in [6, 6.07) is -0.195. The standard InChI is InChI=1S/C19H39NO3/c1-5-6-7-8-9-10-11-12-13-14-15-17(16-21)20-18(22)23-19(2,3)4/h17,21H,5-16H2,1-4H3,(H,20,22)/t17-/m1/s1. The number of carbonyl (C=O) groups is 1. The van der Waals surface area contributed by atoms with Gasteiger partial charge in [-0.2, -0.15) is 0 Å². The molecule has 23 heavy (non-hydrogen) atoms. The minimum absolute atomic E-state index is 0.0311. The van der Waals surface area contributed by atoms with Crippen LogP contribution in [0.5, 0.6) is 0 Å². The Kier molecular flexibility index (Phi) is 13.2. The highest BCUT2D eigenvalue weighted by Gasteiger charge is 2.18. The van der Waals surface area contributed by atoms with Gasteiger partial charge in [-0.05, 0) is 27.2 Å². The summed E-state index contributed by atoms with van der Waals surface area (Å²) in [5, 5.41) is 12.1. The Balaban J connectivity index is 3.55. The maximum Gasteiger partial charge on any atom is 0.407 e. The number of hydrogen-bond donors (Lipinski definition) is 2. The molecule has 0 fully saturated rings. The first-order valence-corrected chi connectivity index (χ1v) is 9.49. The first-order valence-electron chi connectivity index (χ1n) is 9.49. The molecule has 0 saturated heterocycles. The molecule has 1 amide bonds. The zero-order valence-electron chi connectivity index (χ0n) is 15.8. The molecule has 0 radical (unpaired) electrons. The maximum atomic E-state index is 11.7. The third-order valence-electron chi connectivity index (χ3n) is 3.85. The number of alkyl carbamates (subject to hydrolysis) is 1. The average Bonchev–Trinajstić information content (AvgIpc) is 2.46. The summed E-state index contributed by atoms with van der Waals surface area (Å²) in [6.45, 7) is 7.72. The molecule has 0 aromatic rings. The van der Waals surface area contributed by atoms with Gasteiger partial charge >= 0.3 is 6.09 Å². The van der Waals surface area contributed by atoms with Gasteiger partial charge in [0.05, 0.1) is 12.6 Å². The molecule has 138 valence electrons. The van der Waals surface area contributed by atoms with Crippen molar-refractivity contribution in [3.05, 3.63) is 0 Å². The van der Waals surface area contributed by atoms with Crippen LogP contribution in [0.3, 0.4) is 0 Å². The lowest BCUT2D eigenvalue weighted by Gasteiger charge is -2.22. The molecule has 0 aromatic heterocycles. The second-order valence-electron chi connectivity index (χ2n) is 7.50. The molecular formula is C19H39NO3. The zero-order valence-corrected chi connectivity index (χ0v) is 15.8. The minimum Gasteiger partial charge on any atom is -0.444 e. The lowest BCUT2D eigenvalue weighted by atomic mass is 10.0. The maximum absolute atomic E-state index is 11.7. The third kappa shape index (κ3) is 15.9.